The fourth-order valence-corrected chi connectivity index (χ4v) is 9.89. The Bertz CT molecular complexity index is 3420. The van der Waals surface area contributed by atoms with Crippen LogP contribution in [0.15, 0.2) is 261 Å². The van der Waals surface area contributed by atoms with E-state index in [1.807, 2.05) is 0 Å². The van der Waals surface area contributed by atoms with Crippen molar-refractivity contribution < 1.29 is 0 Å². The first-order valence-electron chi connectivity index (χ1n) is 22.3. The Labute approximate surface area is 378 Å². The van der Waals surface area contributed by atoms with E-state index in [0.29, 0.717) is 0 Å². The molecule has 65 heavy (non-hydrogen) atoms. The van der Waals surface area contributed by atoms with E-state index in [1.54, 1.807) is 0 Å². The van der Waals surface area contributed by atoms with Crippen LogP contribution in [0.4, 0.5) is 34.4 Å². The van der Waals surface area contributed by atoms with Crippen LogP contribution in [0.25, 0.3) is 71.0 Å². The molecule has 0 saturated heterocycles. The summed E-state index contributed by atoms with van der Waals surface area (Å²) in [6.45, 7) is 0. The third-order valence-corrected chi connectivity index (χ3v) is 12.7. The van der Waals surface area contributed by atoms with E-state index in [2.05, 4.69) is 275 Å². The second-order valence-electron chi connectivity index (χ2n) is 16.5. The normalized spacial score (nSPS) is 11.4. The molecular weight excluding hydrogens is 787 g/mol. The van der Waals surface area contributed by atoms with Crippen molar-refractivity contribution in [2.24, 2.45) is 0 Å². The topological polar surface area (TPSA) is 11.4 Å². The van der Waals surface area contributed by atoms with Crippen molar-refractivity contribution in [2.75, 3.05) is 9.80 Å². The maximum Gasteiger partial charge on any atom is 0.132 e. The van der Waals surface area contributed by atoms with Crippen molar-refractivity contribution in [2.45, 2.75) is 0 Å². The molecule has 1 heterocycles. The molecule has 0 N–H and O–H groups in total. The third kappa shape index (κ3) is 6.52. The molecule has 0 radical (unpaired) electrons. The summed E-state index contributed by atoms with van der Waals surface area (Å²) >= 11 is 0. The minimum Gasteiger partial charge on any atom is -0.295 e. The van der Waals surface area contributed by atoms with Crippen LogP contribution in [0, 0.1) is 0 Å². The highest BCUT2D eigenvalue weighted by Crippen LogP contribution is 2.57. The number of aromatic nitrogens is 1. The Morgan fingerprint density at radius 1 is 0.262 bits per heavy atom. The molecule has 0 aliphatic heterocycles. The maximum atomic E-state index is 2.53. The molecule has 3 nitrogen and oxygen atoms in total. The molecule has 0 atom stereocenters. The molecule has 0 spiro atoms. The first-order chi connectivity index (χ1) is 32.3. The van der Waals surface area contributed by atoms with Gasteiger partial charge in [-0.05, 0) is 92.0 Å². The van der Waals surface area contributed by atoms with E-state index in [0.717, 1.165) is 73.1 Å². The first kappa shape index (κ1) is 38.0. The number of para-hydroxylation sites is 3. The van der Waals surface area contributed by atoms with Gasteiger partial charge in [-0.15, -0.1) is 0 Å². The van der Waals surface area contributed by atoms with E-state index in [4.69, 9.17) is 0 Å². The van der Waals surface area contributed by atoms with Crippen molar-refractivity contribution in [3.8, 4) is 27.9 Å². The fraction of sp³-hybridized carbons (Fsp3) is 0. The molecule has 0 aliphatic rings. The van der Waals surface area contributed by atoms with Crippen LogP contribution >= 0.6 is 0 Å². The number of anilines is 6. The van der Waals surface area contributed by atoms with Crippen molar-refractivity contribution >= 4 is 77.5 Å². The molecular formula is C62H43N3. The SMILES string of the molecule is c1ccc(-c2c(-c3ccccc3)c(N(c3ccccc3)c3cc4ccccc4c4ccccc34)n(-c3ccccc3)c2N(c2ccccc2)c2cc3ccccc3c3ccccc23)cc1. The van der Waals surface area contributed by atoms with Gasteiger partial charge in [0.25, 0.3) is 0 Å². The summed E-state index contributed by atoms with van der Waals surface area (Å²) in [5.41, 5.74) is 9.76. The van der Waals surface area contributed by atoms with Gasteiger partial charge < -0.3 is 0 Å². The van der Waals surface area contributed by atoms with Crippen LogP contribution in [0.1, 0.15) is 0 Å². The van der Waals surface area contributed by atoms with Gasteiger partial charge in [0, 0.05) is 39.0 Å². The number of hydrogen-bond donors (Lipinski definition) is 0. The molecule has 0 fully saturated rings. The average molecular weight is 830 g/mol. The highest BCUT2D eigenvalue weighted by molar-refractivity contribution is 6.18. The van der Waals surface area contributed by atoms with Crippen LogP contribution in [-0.4, -0.2) is 4.57 Å². The van der Waals surface area contributed by atoms with Crippen molar-refractivity contribution in [3.05, 3.63) is 261 Å². The molecule has 12 rings (SSSR count). The maximum absolute atomic E-state index is 2.53. The summed E-state index contributed by atoms with van der Waals surface area (Å²) in [5, 5.41) is 9.56. The van der Waals surface area contributed by atoms with Gasteiger partial charge in [0.1, 0.15) is 11.6 Å². The summed E-state index contributed by atoms with van der Waals surface area (Å²) in [5.74, 6) is 2.04. The van der Waals surface area contributed by atoms with Crippen LogP contribution in [0.3, 0.4) is 0 Å². The van der Waals surface area contributed by atoms with Crippen LogP contribution in [-0.2, 0) is 0 Å². The lowest BCUT2D eigenvalue weighted by Gasteiger charge is -2.32. The molecule has 0 aliphatic carbocycles. The summed E-state index contributed by atoms with van der Waals surface area (Å²) in [6, 6.07) is 94.7. The van der Waals surface area contributed by atoms with Gasteiger partial charge in [-0.25, -0.2) is 0 Å². The van der Waals surface area contributed by atoms with Gasteiger partial charge in [0.05, 0.1) is 11.4 Å². The molecule has 0 amide bonds. The fourth-order valence-electron chi connectivity index (χ4n) is 9.89. The largest absolute Gasteiger partial charge is 0.295 e. The van der Waals surface area contributed by atoms with Gasteiger partial charge in [-0.3, -0.25) is 14.4 Å². The average Bonchev–Trinajstić information content (AvgIpc) is 3.73. The monoisotopic (exact) mass is 829 g/mol. The lowest BCUT2D eigenvalue weighted by Crippen LogP contribution is -2.19. The van der Waals surface area contributed by atoms with Gasteiger partial charge >= 0.3 is 0 Å². The quantitative estimate of drug-likeness (QED) is 0.134. The summed E-state index contributed by atoms with van der Waals surface area (Å²) in [6.07, 6.45) is 0. The smallest absolute Gasteiger partial charge is 0.132 e. The standard InChI is InChI=1S/C62H43N3/c1-6-24-44(25-7-1)59-60(45-26-8-2-9-27-45)62(64(49-32-12-4-13-33-49)58-43-47-29-17-19-37-52(47)54-39-21-23-41-56(54)58)65(50-34-14-5-15-35-50)61(59)63(48-30-10-3-11-31-48)57-42-46-28-16-18-36-51(46)53-38-20-22-40-55(53)57/h1-43H. The van der Waals surface area contributed by atoms with E-state index in [-0.39, 0.29) is 0 Å². The zero-order valence-electron chi connectivity index (χ0n) is 35.7. The first-order valence-corrected chi connectivity index (χ1v) is 22.3. The molecule has 0 saturated carbocycles. The Morgan fingerprint density at radius 2 is 0.569 bits per heavy atom. The summed E-state index contributed by atoms with van der Waals surface area (Å²) < 4.78 is 2.53. The highest BCUT2D eigenvalue weighted by Gasteiger charge is 2.35. The van der Waals surface area contributed by atoms with Gasteiger partial charge in [0.2, 0.25) is 0 Å². The molecule has 1 aromatic heterocycles. The molecule has 0 bridgehead atoms. The van der Waals surface area contributed by atoms with Crippen LogP contribution < -0.4 is 9.80 Å². The second-order valence-corrected chi connectivity index (χ2v) is 16.5. The zero-order valence-corrected chi connectivity index (χ0v) is 35.7. The molecule has 3 heteroatoms. The molecule has 306 valence electrons. The van der Waals surface area contributed by atoms with E-state index < -0.39 is 0 Å². The van der Waals surface area contributed by atoms with Crippen molar-refractivity contribution in [3.63, 3.8) is 0 Å². The predicted octanol–water partition coefficient (Wildman–Crippen LogP) is 17.4. The minimum absolute atomic E-state index is 1.02. The summed E-state index contributed by atoms with van der Waals surface area (Å²) in [4.78, 5) is 5.03. The van der Waals surface area contributed by atoms with Crippen molar-refractivity contribution in [1.82, 2.24) is 4.57 Å². The van der Waals surface area contributed by atoms with Gasteiger partial charge in [-0.1, -0.05) is 212 Å². The number of rotatable bonds is 9. The highest BCUT2D eigenvalue weighted by atomic mass is 15.3. The number of benzene rings is 11. The minimum atomic E-state index is 1.02. The number of hydrogen-bond acceptors (Lipinski definition) is 2. The Kier molecular flexibility index (Phi) is 9.50. The lowest BCUT2D eigenvalue weighted by atomic mass is 9.95. The lowest BCUT2D eigenvalue weighted by molar-refractivity contribution is 1.02. The van der Waals surface area contributed by atoms with Crippen LogP contribution in [0.5, 0.6) is 0 Å². The van der Waals surface area contributed by atoms with Gasteiger partial charge in [0.15, 0.2) is 0 Å². The van der Waals surface area contributed by atoms with Gasteiger partial charge in [-0.2, -0.15) is 0 Å². The number of fused-ring (bicyclic) bond motifs is 6. The van der Waals surface area contributed by atoms with E-state index in [1.165, 1.54) is 32.3 Å². The molecule has 12 aromatic rings. The summed E-state index contributed by atoms with van der Waals surface area (Å²) in [7, 11) is 0. The zero-order chi connectivity index (χ0) is 43.1. The Hall–Kier alpha value is -8.66. The predicted molar refractivity (Wildman–Crippen MR) is 276 cm³/mol. The Balaban J connectivity index is 1.34. The molecule has 0 unspecified atom stereocenters. The number of nitrogens with zero attached hydrogens (tertiary/aromatic N) is 3. The molecule has 11 aromatic carbocycles. The van der Waals surface area contributed by atoms with Crippen molar-refractivity contribution in [1.29, 1.82) is 0 Å². The van der Waals surface area contributed by atoms with E-state index >= 15 is 0 Å². The second kappa shape index (κ2) is 16.2. The third-order valence-electron chi connectivity index (χ3n) is 12.7. The van der Waals surface area contributed by atoms with Crippen LogP contribution in [0.2, 0.25) is 0 Å². The Morgan fingerprint density at radius 3 is 0.969 bits per heavy atom. The van der Waals surface area contributed by atoms with E-state index in [9.17, 15) is 0 Å².